The van der Waals surface area contributed by atoms with E-state index in [-0.39, 0.29) is 53.4 Å². The highest BCUT2D eigenvalue weighted by Gasteiger charge is 2.36. The Hall–Kier alpha value is -4.91. The van der Waals surface area contributed by atoms with E-state index in [1.165, 1.54) is 30.6 Å². The Bertz CT molecular complexity index is 1850. The third-order valence-corrected chi connectivity index (χ3v) is 10.2. The molecule has 252 valence electrons. The first-order valence-electron chi connectivity index (χ1n) is 15.6. The summed E-state index contributed by atoms with van der Waals surface area (Å²) in [4.78, 5) is 28.8. The Labute approximate surface area is 281 Å². The number of ether oxygens (including phenoxy) is 2. The lowest BCUT2D eigenvalue weighted by atomic mass is 9.99. The molecule has 1 aliphatic heterocycles. The topological polar surface area (TPSA) is 138 Å². The average Bonchev–Trinajstić information content (AvgIpc) is 3.10. The smallest absolute Gasteiger partial charge is 0.323 e. The Morgan fingerprint density at radius 1 is 1.00 bits per heavy atom. The van der Waals surface area contributed by atoms with Crippen molar-refractivity contribution in [1.29, 1.82) is 0 Å². The fourth-order valence-electron chi connectivity index (χ4n) is 5.53. The molecule has 1 heterocycles. The number of hydrogen-bond acceptors (Lipinski definition) is 7. The minimum atomic E-state index is -3.92. The van der Waals surface area contributed by atoms with E-state index in [1.807, 2.05) is 55.5 Å². The Balaban J connectivity index is 1.44. The van der Waals surface area contributed by atoms with Crippen molar-refractivity contribution in [3.63, 3.8) is 0 Å². The van der Waals surface area contributed by atoms with E-state index < -0.39 is 28.2 Å². The van der Waals surface area contributed by atoms with Crippen LogP contribution in [-0.2, 0) is 10.0 Å². The Kier molecular flexibility index (Phi) is 10.7. The number of urea groups is 1. The van der Waals surface area contributed by atoms with Gasteiger partial charge in [-0.05, 0) is 66.6 Å². The van der Waals surface area contributed by atoms with Gasteiger partial charge in [0.2, 0.25) is 10.0 Å². The zero-order valence-corrected chi connectivity index (χ0v) is 28.1. The molecule has 0 saturated heterocycles. The number of hydrogen-bond donors (Lipinski definition) is 3. The maximum absolute atomic E-state index is 13.9. The molecular weight excluding hydrogens is 632 g/mol. The van der Waals surface area contributed by atoms with Crippen molar-refractivity contribution in [2.75, 3.05) is 44.5 Å². The number of para-hydroxylation sites is 1. The largest absolute Gasteiger partial charge is 0.497 e. The molecule has 4 aromatic carbocycles. The van der Waals surface area contributed by atoms with Crippen LogP contribution in [0, 0.1) is 5.92 Å². The van der Waals surface area contributed by atoms with Crippen LogP contribution in [0.5, 0.6) is 11.5 Å². The van der Waals surface area contributed by atoms with Gasteiger partial charge < -0.3 is 30.1 Å². The van der Waals surface area contributed by atoms with Crippen LogP contribution in [0.1, 0.15) is 24.2 Å². The summed E-state index contributed by atoms with van der Waals surface area (Å²) in [5.41, 5.74) is 2.89. The standard InChI is InChI=1S/C36H40N4O7S/c1-24-21-40(25(2)23-41)35(42)31-14-9-15-32(38-36(43)37-28-13-8-12-27(20-28)26-10-6-5-7-11-26)34(31)47-33(24)22-39(3)48(44,45)30-18-16-29(46-4)17-19-30/h5-20,24-25,33,41H,21-23H2,1-4H3,(H2,37,38,43)/t24-,25+,33+/m1/s1. The summed E-state index contributed by atoms with van der Waals surface area (Å²) in [6, 6.07) is 27.1. The number of benzene rings is 4. The fraction of sp³-hybridized carbons (Fsp3) is 0.278. The van der Waals surface area contributed by atoms with Crippen molar-refractivity contribution in [2.45, 2.75) is 30.9 Å². The summed E-state index contributed by atoms with van der Waals surface area (Å²) < 4.78 is 40.0. The molecule has 3 N–H and O–H groups in total. The van der Waals surface area contributed by atoms with Gasteiger partial charge in [-0.3, -0.25) is 4.79 Å². The number of sulfonamides is 1. The number of aliphatic hydroxyl groups is 1. The Morgan fingerprint density at radius 2 is 1.69 bits per heavy atom. The van der Waals surface area contributed by atoms with Crippen LogP contribution in [0.2, 0.25) is 0 Å². The van der Waals surface area contributed by atoms with Crippen LogP contribution in [-0.4, -0.2) is 80.7 Å². The predicted molar refractivity (Wildman–Crippen MR) is 185 cm³/mol. The highest BCUT2D eigenvalue weighted by molar-refractivity contribution is 7.89. The van der Waals surface area contributed by atoms with E-state index in [4.69, 9.17) is 9.47 Å². The van der Waals surface area contributed by atoms with Gasteiger partial charge in [0.25, 0.3) is 5.91 Å². The quantitative estimate of drug-likeness (QED) is 0.201. The Morgan fingerprint density at radius 3 is 2.38 bits per heavy atom. The molecule has 48 heavy (non-hydrogen) atoms. The molecule has 0 spiro atoms. The van der Waals surface area contributed by atoms with E-state index in [0.29, 0.717) is 11.4 Å². The average molecular weight is 673 g/mol. The number of nitrogens with one attached hydrogen (secondary N) is 2. The molecule has 4 aromatic rings. The van der Waals surface area contributed by atoms with Crippen molar-refractivity contribution in [2.24, 2.45) is 5.92 Å². The summed E-state index contributed by atoms with van der Waals surface area (Å²) in [5.74, 6) is -0.110. The molecule has 0 bridgehead atoms. The number of anilines is 2. The summed E-state index contributed by atoms with van der Waals surface area (Å²) in [7, 11) is -0.950. The number of fused-ring (bicyclic) bond motifs is 1. The van der Waals surface area contributed by atoms with Crippen molar-refractivity contribution in [1.82, 2.24) is 9.21 Å². The summed E-state index contributed by atoms with van der Waals surface area (Å²) >= 11 is 0. The van der Waals surface area contributed by atoms with Gasteiger partial charge in [-0.25, -0.2) is 13.2 Å². The number of amides is 3. The lowest BCUT2D eigenvalue weighted by Gasteiger charge is -2.38. The van der Waals surface area contributed by atoms with Crippen LogP contribution in [0.4, 0.5) is 16.2 Å². The van der Waals surface area contributed by atoms with Crippen LogP contribution in [0.25, 0.3) is 11.1 Å². The maximum Gasteiger partial charge on any atom is 0.323 e. The van der Waals surface area contributed by atoms with Gasteiger partial charge in [-0.1, -0.05) is 55.5 Å². The van der Waals surface area contributed by atoms with Crippen molar-refractivity contribution in [3.8, 4) is 22.6 Å². The molecule has 5 rings (SSSR count). The molecule has 0 unspecified atom stereocenters. The number of rotatable bonds is 10. The van der Waals surface area contributed by atoms with Gasteiger partial charge in [-0.15, -0.1) is 0 Å². The molecule has 1 aliphatic rings. The van der Waals surface area contributed by atoms with Crippen molar-refractivity contribution in [3.05, 3.63) is 103 Å². The van der Waals surface area contributed by atoms with E-state index in [0.717, 1.165) is 11.1 Å². The number of carbonyl (C=O) groups is 2. The first kappa shape index (κ1) is 34.4. The third kappa shape index (κ3) is 7.62. The number of carbonyl (C=O) groups excluding carboxylic acids is 2. The van der Waals surface area contributed by atoms with E-state index >= 15 is 0 Å². The molecule has 0 aliphatic carbocycles. The molecule has 3 amide bonds. The second-order valence-corrected chi connectivity index (χ2v) is 13.8. The summed E-state index contributed by atoms with van der Waals surface area (Å²) in [6.45, 7) is 3.47. The van der Waals surface area contributed by atoms with Gasteiger partial charge in [-0.2, -0.15) is 4.31 Å². The summed E-state index contributed by atoms with van der Waals surface area (Å²) in [6.07, 6.45) is -0.739. The first-order valence-corrected chi connectivity index (χ1v) is 17.0. The normalized spacial score (nSPS) is 17.0. The number of aliphatic hydroxyl groups excluding tert-OH is 1. The van der Waals surface area contributed by atoms with Crippen LogP contribution < -0.4 is 20.1 Å². The minimum absolute atomic E-state index is 0.0582. The first-order chi connectivity index (χ1) is 23.0. The lowest BCUT2D eigenvalue weighted by molar-refractivity contribution is 0.0389. The second kappa shape index (κ2) is 14.9. The van der Waals surface area contributed by atoms with E-state index in [9.17, 15) is 23.1 Å². The number of nitrogens with zero attached hydrogens (tertiary/aromatic N) is 2. The zero-order chi connectivity index (χ0) is 34.4. The molecule has 0 aromatic heterocycles. The van der Waals surface area contributed by atoms with Gasteiger partial charge in [0.15, 0.2) is 5.75 Å². The molecule has 0 saturated carbocycles. The summed E-state index contributed by atoms with van der Waals surface area (Å²) in [5, 5.41) is 15.7. The zero-order valence-electron chi connectivity index (χ0n) is 27.3. The third-order valence-electron chi connectivity index (χ3n) is 8.37. The molecule has 11 nitrogen and oxygen atoms in total. The molecule has 12 heteroatoms. The number of likely N-dealkylation sites (N-methyl/N-ethyl adjacent to an activating group) is 1. The highest BCUT2D eigenvalue weighted by atomic mass is 32.2. The van der Waals surface area contributed by atoms with Crippen LogP contribution in [0.3, 0.4) is 0 Å². The lowest BCUT2D eigenvalue weighted by Crippen LogP contribution is -2.50. The molecular formula is C36H40N4O7S. The van der Waals surface area contributed by atoms with Crippen LogP contribution in [0.15, 0.2) is 102 Å². The molecule has 0 radical (unpaired) electrons. The highest BCUT2D eigenvalue weighted by Crippen LogP contribution is 2.35. The van der Waals surface area contributed by atoms with Crippen LogP contribution >= 0.6 is 0 Å². The van der Waals surface area contributed by atoms with Crippen molar-refractivity contribution >= 4 is 33.3 Å². The number of methoxy groups -OCH3 is 1. The minimum Gasteiger partial charge on any atom is -0.497 e. The second-order valence-electron chi connectivity index (χ2n) is 11.8. The van der Waals surface area contributed by atoms with Gasteiger partial charge in [0, 0.05) is 25.2 Å². The van der Waals surface area contributed by atoms with E-state index in [2.05, 4.69) is 10.6 Å². The molecule has 0 fully saturated rings. The van der Waals surface area contributed by atoms with Gasteiger partial charge >= 0.3 is 6.03 Å². The molecule has 3 atom stereocenters. The van der Waals surface area contributed by atoms with Crippen molar-refractivity contribution < 1.29 is 32.6 Å². The maximum atomic E-state index is 13.9. The predicted octanol–water partition coefficient (Wildman–Crippen LogP) is 5.55. The van der Waals surface area contributed by atoms with Gasteiger partial charge in [0.05, 0.1) is 42.4 Å². The van der Waals surface area contributed by atoms with Gasteiger partial charge in [0.1, 0.15) is 11.9 Å². The fourth-order valence-corrected chi connectivity index (χ4v) is 6.71. The SMILES string of the molecule is COc1ccc(S(=O)(=O)N(C)C[C@@H]2Oc3c(NC(=O)Nc4cccc(-c5ccccc5)c4)cccc3C(=O)N([C@@H](C)CO)C[C@H]2C)cc1. The monoisotopic (exact) mass is 672 g/mol. The van der Waals surface area contributed by atoms with E-state index in [1.54, 1.807) is 48.2 Å².